The van der Waals surface area contributed by atoms with E-state index in [1.807, 2.05) is 12.1 Å². The van der Waals surface area contributed by atoms with Crippen LogP contribution in [0.15, 0.2) is 84.9 Å². The minimum atomic E-state index is -0.0504. The van der Waals surface area contributed by atoms with Gasteiger partial charge in [0, 0.05) is 41.5 Å². The fourth-order valence-electron chi connectivity index (χ4n) is 4.61. The van der Waals surface area contributed by atoms with E-state index in [-0.39, 0.29) is 17.9 Å². The van der Waals surface area contributed by atoms with E-state index in [2.05, 4.69) is 116 Å². The SMILES string of the molecule is CCC(C)NC(=O)c1c(C(c2ccccc2)c2ccccc2)c2ccccc2n1CCN(C)C. The molecule has 0 saturated heterocycles. The van der Waals surface area contributed by atoms with Crippen LogP contribution in [0.25, 0.3) is 10.9 Å². The Hall–Kier alpha value is -3.37. The molecule has 0 spiro atoms. The maximum absolute atomic E-state index is 13.9. The Morgan fingerprint density at radius 2 is 1.44 bits per heavy atom. The minimum absolute atomic E-state index is 0.00355. The lowest BCUT2D eigenvalue weighted by molar-refractivity contribution is 0.0928. The van der Waals surface area contributed by atoms with Gasteiger partial charge < -0.3 is 14.8 Å². The highest BCUT2D eigenvalue weighted by Crippen LogP contribution is 2.40. The predicted molar refractivity (Wildman–Crippen MR) is 142 cm³/mol. The van der Waals surface area contributed by atoms with Gasteiger partial charge in [-0.3, -0.25) is 4.79 Å². The number of para-hydroxylation sites is 1. The summed E-state index contributed by atoms with van der Waals surface area (Å²) in [5.41, 5.74) is 5.31. The van der Waals surface area contributed by atoms with E-state index in [1.165, 1.54) is 11.1 Å². The van der Waals surface area contributed by atoms with Crippen LogP contribution >= 0.6 is 0 Å². The van der Waals surface area contributed by atoms with Gasteiger partial charge in [-0.05, 0) is 44.6 Å². The topological polar surface area (TPSA) is 37.3 Å². The van der Waals surface area contributed by atoms with Crippen LogP contribution in [0.2, 0.25) is 0 Å². The molecule has 0 aliphatic rings. The van der Waals surface area contributed by atoms with Gasteiger partial charge in [-0.2, -0.15) is 0 Å². The van der Waals surface area contributed by atoms with Crippen molar-refractivity contribution in [3.05, 3.63) is 107 Å². The number of nitrogens with zero attached hydrogens (tertiary/aromatic N) is 2. The molecule has 0 bridgehead atoms. The summed E-state index contributed by atoms with van der Waals surface area (Å²) in [6, 6.07) is 29.6. The van der Waals surface area contributed by atoms with Gasteiger partial charge in [0.1, 0.15) is 5.69 Å². The summed E-state index contributed by atoms with van der Waals surface area (Å²) in [7, 11) is 4.14. The number of fused-ring (bicyclic) bond motifs is 1. The van der Waals surface area contributed by atoms with E-state index >= 15 is 0 Å². The number of benzene rings is 3. The first kappa shape index (κ1) is 23.8. The number of nitrogens with one attached hydrogen (secondary N) is 1. The van der Waals surface area contributed by atoms with Crippen LogP contribution in [0.1, 0.15) is 53.4 Å². The first-order chi connectivity index (χ1) is 16.5. The van der Waals surface area contributed by atoms with Crippen LogP contribution in [0.3, 0.4) is 0 Å². The lowest BCUT2D eigenvalue weighted by atomic mass is 9.83. The fraction of sp³-hybridized carbons (Fsp3) is 0.300. The molecular weight excluding hydrogens is 418 g/mol. The van der Waals surface area contributed by atoms with Crippen molar-refractivity contribution < 1.29 is 4.79 Å². The van der Waals surface area contributed by atoms with Gasteiger partial charge in [0.05, 0.1) is 0 Å². The smallest absolute Gasteiger partial charge is 0.268 e. The number of carbonyl (C=O) groups is 1. The summed E-state index contributed by atoms with van der Waals surface area (Å²) in [5, 5.41) is 4.39. The van der Waals surface area contributed by atoms with E-state index in [0.717, 1.165) is 41.7 Å². The molecule has 4 rings (SSSR count). The van der Waals surface area contributed by atoms with Crippen LogP contribution in [-0.4, -0.2) is 42.1 Å². The molecule has 0 saturated carbocycles. The predicted octanol–water partition coefficient (Wildman–Crippen LogP) is 5.91. The molecular formula is C30H35N3O. The molecule has 4 nitrogen and oxygen atoms in total. The Labute approximate surface area is 203 Å². The molecule has 4 heteroatoms. The molecule has 1 heterocycles. The van der Waals surface area contributed by atoms with Crippen LogP contribution in [0.4, 0.5) is 0 Å². The number of hydrogen-bond donors (Lipinski definition) is 1. The molecule has 1 N–H and O–H groups in total. The third-order valence-electron chi connectivity index (χ3n) is 6.54. The van der Waals surface area contributed by atoms with E-state index in [4.69, 9.17) is 0 Å². The van der Waals surface area contributed by atoms with Crippen LogP contribution in [0.5, 0.6) is 0 Å². The molecule has 0 fully saturated rings. The van der Waals surface area contributed by atoms with E-state index in [0.29, 0.717) is 0 Å². The number of likely N-dealkylation sites (N-methyl/N-ethyl adjacent to an activating group) is 1. The van der Waals surface area contributed by atoms with E-state index in [1.54, 1.807) is 0 Å². The molecule has 1 amide bonds. The Morgan fingerprint density at radius 3 is 2.00 bits per heavy atom. The van der Waals surface area contributed by atoms with Crippen molar-refractivity contribution in [3.63, 3.8) is 0 Å². The zero-order valence-corrected chi connectivity index (χ0v) is 20.7. The van der Waals surface area contributed by atoms with Crippen molar-refractivity contribution in [2.45, 2.75) is 38.8 Å². The van der Waals surface area contributed by atoms with E-state index in [9.17, 15) is 4.79 Å². The quantitative estimate of drug-likeness (QED) is 0.342. The van der Waals surface area contributed by atoms with Gasteiger partial charge in [0.2, 0.25) is 0 Å². The second kappa shape index (κ2) is 10.7. The lowest BCUT2D eigenvalue weighted by Gasteiger charge is -2.22. The van der Waals surface area contributed by atoms with Gasteiger partial charge >= 0.3 is 0 Å². The molecule has 0 aliphatic heterocycles. The van der Waals surface area contributed by atoms with Gasteiger partial charge in [-0.25, -0.2) is 0 Å². The van der Waals surface area contributed by atoms with Crippen molar-refractivity contribution >= 4 is 16.8 Å². The van der Waals surface area contributed by atoms with Crippen molar-refractivity contribution in [1.29, 1.82) is 0 Å². The average Bonchev–Trinajstić information content (AvgIpc) is 3.18. The molecule has 1 unspecified atom stereocenters. The average molecular weight is 454 g/mol. The number of carbonyl (C=O) groups excluding carboxylic acids is 1. The highest BCUT2D eigenvalue weighted by molar-refractivity contribution is 6.03. The summed E-state index contributed by atoms with van der Waals surface area (Å²) in [6.07, 6.45) is 0.889. The fourth-order valence-corrected chi connectivity index (χ4v) is 4.61. The number of aromatic nitrogens is 1. The Morgan fingerprint density at radius 1 is 0.882 bits per heavy atom. The molecule has 34 heavy (non-hydrogen) atoms. The highest BCUT2D eigenvalue weighted by atomic mass is 16.2. The normalized spacial score (nSPS) is 12.4. The number of amides is 1. The van der Waals surface area contributed by atoms with Gasteiger partial charge in [0.15, 0.2) is 0 Å². The summed E-state index contributed by atoms with van der Waals surface area (Å²) >= 11 is 0. The van der Waals surface area contributed by atoms with Gasteiger partial charge in [0.25, 0.3) is 5.91 Å². The summed E-state index contributed by atoms with van der Waals surface area (Å²) < 4.78 is 2.22. The van der Waals surface area contributed by atoms with Crippen LogP contribution < -0.4 is 5.32 Å². The molecule has 0 aliphatic carbocycles. The molecule has 1 aromatic heterocycles. The van der Waals surface area contributed by atoms with Crippen LogP contribution in [0, 0.1) is 0 Å². The lowest BCUT2D eigenvalue weighted by Crippen LogP contribution is -2.35. The van der Waals surface area contributed by atoms with Crippen molar-refractivity contribution in [3.8, 4) is 0 Å². The van der Waals surface area contributed by atoms with Gasteiger partial charge in [-0.15, -0.1) is 0 Å². The monoisotopic (exact) mass is 453 g/mol. The first-order valence-electron chi connectivity index (χ1n) is 12.2. The van der Waals surface area contributed by atoms with Crippen molar-refractivity contribution in [2.75, 3.05) is 20.6 Å². The largest absolute Gasteiger partial charge is 0.348 e. The zero-order chi connectivity index (χ0) is 24.1. The molecule has 1 atom stereocenters. The standard InChI is InChI=1S/C30H35N3O/c1-5-22(2)31-30(34)29-28(25-18-12-13-19-26(25)33(29)21-20-32(3)4)27(23-14-8-6-9-15-23)24-16-10-7-11-17-24/h6-19,22,27H,5,20-21H2,1-4H3,(H,31,34). The number of hydrogen-bond acceptors (Lipinski definition) is 2. The second-order valence-electron chi connectivity index (χ2n) is 9.27. The summed E-state index contributed by atoms with van der Waals surface area (Å²) in [5.74, 6) is -0.0539. The Balaban J connectivity index is 2.03. The number of rotatable bonds is 9. The van der Waals surface area contributed by atoms with Crippen LogP contribution in [-0.2, 0) is 6.54 Å². The second-order valence-corrected chi connectivity index (χ2v) is 9.27. The first-order valence-corrected chi connectivity index (χ1v) is 12.2. The van der Waals surface area contributed by atoms with Gasteiger partial charge in [-0.1, -0.05) is 85.8 Å². The maximum Gasteiger partial charge on any atom is 0.268 e. The third kappa shape index (κ3) is 4.92. The van der Waals surface area contributed by atoms with E-state index < -0.39 is 0 Å². The third-order valence-corrected chi connectivity index (χ3v) is 6.54. The van der Waals surface area contributed by atoms with Crippen molar-refractivity contribution in [1.82, 2.24) is 14.8 Å². The summed E-state index contributed by atoms with van der Waals surface area (Å²) in [4.78, 5) is 16.1. The Kier molecular flexibility index (Phi) is 7.49. The minimum Gasteiger partial charge on any atom is -0.348 e. The van der Waals surface area contributed by atoms with Crippen molar-refractivity contribution in [2.24, 2.45) is 0 Å². The molecule has 3 aromatic carbocycles. The molecule has 4 aromatic rings. The highest BCUT2D eigenvalue weighted by Gasteiger charge is 2.30. The molecule has 176 valence electrons. The summed E-state index contributed by atoms with van der Waals surface area (Å²) in [6.45, 7) is 5.76. The zero-order valence-electron chi connectivity index (χ0n) is 20.7. The molecule has 0 radical (unpaired) electrons. The Bertz CT molecular complexity index is 1190. The maximum atomic E-state index is 13.9.